The molecule has 76 valence electrons. The molecule has 0 saturated heterocycles. The summed E-state index contributed by atoms with van der Waals surface area (Å²) in [5.41, 5.74) is 0.252. The van der Waals surface area contributed by atoms with Crippen molar-refractivity contribution in [2.24, 2.45) is 5.41 Å². The van der Waals surface area contributed by atoms with Crippen LogP contribution in [-0.4, -0.2) is 5.91 Å². The fourth-order valence-corrected chi connectivity index (χ4v) is 0.911. The second-order valence-electron chi connectivity index (χ2n) is 4.12. The van der Waals surface area contributed by atoms with E-state index in [2.05, 4.69) is 11.4 Å². The van der Waals surface area contributed by atoms with Gasteiger partial charge >= 0.3 is 18.9 Å². The molecular formula is C11H13ClLiNO. The maximum absolute atomic E-state index is 11.6. The molecule has 0 radical (unpaired) electrons. The van der Waals surface area contributed by atoms with Crippen LogP contribution in [-0.2, 0) is 4.79 Å². The standard InChI is InChI=1S/C11H13ClNO.Li/c1-11(2,3)10(14)13-9-6-4-8(12)5-7-9;/h4-6H,1-3H3,(H,13,14);/q-1;+1. The van der Waals surface area contributed by atoms with Crippen molar-refractivity contribution in [2.75, 3.05) is 5.32 Å². The maximum atomic E-state index is 11.6. The zero-order chi connectivity index (χ0) is 10.8. The van der Waals surface area contributed by atoms with Crippen molar-refractivity contribution in [1.82, 2.24) is 0 Å². The Morgan fingerprint density at radius 2 is 2.00 bits per heavy atom. The van der Waals surface area contributed by atoms with E-state index in [-0.39, 0.29) is 24.8 Å². The van der Waals surface area contributed by atoms with Gasteiger partial charge in [0.15, 0.2) is 0 Å². The quantitative estimate of drug-likeness (QED) is 0.526. The predicted octanol–water partition coefficient (Wildman–Crippen LogP) is 0.129. The smallest absolute Gasteiger partial charge is 0.349 e. The van der Waals surface area contributed by atoms with E-state index in [4.69, 9.17) is 11.6 Å². The van der Waals surface area contributed by atoms with Crippen molar-refractivity contribution in [3.05, 3.63) is 29.3 Å². The van der Waals surface area contributed by atoms with Crippen LogP contribution in [0.2, 0.25) is 5.02 Å². The van der Waals surface area contributed by atoms with Crippen LogP contribution in [0.3, 0.4) is 0 Å². The fraction of sp³-hybridized carbons (Fsp3) is 0.364. The Bertz CT molecular complexity index is 329. The Balaban J connectivity index is 0.00000196. The number of nitrogens with one attached hydrogen (secondary N) is 1. The summed E-state index contributed by atoms with van der Waals surface area (Å²) in [7, 11) is 0. The monoisotopic (exact) mass is 217 g/mol. The van der Waals surface area contributed by atoms with Crippen molar-refractivity contribution in [2.45, 2.75) is 20.8 Å². The summed E-state index contributed by atoms with van der Waals surface area (Å²) in [6.45, 7) is 5.58. The summed E-state index contributed by atoms with van der Waals surface area (Å²) in [6, 6.07) is 7.95. The first-order valence-electron chi connectivity index (χ1n) is 4.38. The van der Waals surface area contributed by atoms with Crippen molar-refractivity contribution < 1.29 is 23.7 Å². The zero-order valence-electron chi connectivity index (χ0n) is 9.52. The van der Waals surface area contributed by atoms with E-state index >= 15 is 0 Å². The SMILES string of the molecule is CC(C)(C)C(=O)Nc1[c-]cc(Cl)cc1.[Li+]. The van der Waals surface area contributed by atoms with E-state index < -0.39 is 5.41 Å². The third kappa shape index (κ3) is 4.75. The molecule has 0 spiro atoms. The van der Waals surface area contributed by atoms with Gasteiger partial charge in [-0.05, 0) is 0 Å². The van der Waals surface area contributed by atoms with Crippen LogP contribution in [0.5, 0.6) is 0 Å². The summed E-state index contributed by atoms with van der Waals surface area (Å²) in [5.74, 6) is -0.0314. The molecule has 0 aliphatic rings. The molecule has 0 aromatic heterocycles. The normalized spacial score (nSPS) is 10.4. The Kier molecular flexibility index (Phi) is 5.45. The number of hydrogen-bond acceptors (Lipinski definition) is 1. The average Bonchev–Trinajstić information content (AvgIpc) is 2.07. The molecule has 4 heteroatoms. The minimum Gasteiger partial charge on any atom is -0.349 e. The maximum Gasteiger partial charge on any atom is 1.00 e. The summed E-state index contributed by atoms with van der Waals surface area (Å²) >= 11 is 5.69. The van der Waals surface area contributed by atoms with Gasteiger partial charge in [0.2, 0.25) is 5.91 Å². The Morgan fingerprint density at radius 3 is 2.40 bits per heavy atom. The molecule has 15 heavy (non-hydrogen) atoms. The third-order valence-electron chi connectivity index (χ3n) is 1.70. The topological polar surface area (TPSA) is 29.1 Å². The van der Waals surface area contributed by atoms with E-state index in [1.54, 1.807) is 18.2 Å². The molecule has 1 aromatic rings. The van der Waals surface area contributed by atoms with E-state index in [0.29, 0.717) is 10.7 Å². The van der Waals surface area contributed by atoms with Gasteiger partial charge in [0.25, 0.3) is 0 Å². The molecule has 0 fully saturated rings. The second-order valence-corrected chi connectivity index (χ2v) is 4.56. The third-order valence-corrected chi connectivity index (χ3v) is 1.94. The summed E-state index contributed by atoms with van der Waals surface area (Å²) in [5, 5.41) is 3.37. The van der Waals surface area contributed by atoms with Crippen LogP contribution in [0.4, 0.5) is 5.69 Å². The fourth-order valence-electron chi connectivity index (χ4n) is 0.793. The number of rotatable bonds is 1. The molecule has 0 atom stereocenters. The second kappa shape index (κ2) is 5.60. The summed E-state index contributed by atoms with van der Waals surface area (Å²) < 4.78 is 0. The van der Waals surface area contributed by atoms with Crippen LogP contribution in [0, 0.1) is 11.5 Å². The molecule has 0 bridgehead atoms. The first-order chi connectivity index (χ1) is 6.39. The molecule has 0 aliphatic heterocycles. The predicted molar refractivity (Wildman–Crippen MR) is 58.4 cm³/mol. The van der Waals surface area contributed by atoms with Crippen molar-refractivity contribution in [1.29, 1.82) is 0 Å². The van der Waals surface area contributed by atoms with Crippen LogP contribution in [0.15, 0.2) is 18.2 Å². The minimum absolute atomic E-state index is 0. The van der Waals surface area contributed by atoms with Crippen molar-refractivity contribution >= 4 is 23.2 Å². The average molecular weight is 218 g/mol. The minimum atomic E-state index is -0.395. The van der Waals surface area contributed by atoms with Crippen molar-refractivity contribution in [3.8, 4) is 0 Å². The van der Waals surface area contributed by atoms with Gasteiger partial charge in [-0.15, -0.1) is 6.07 Å². The number of halogens is 1. The van der Waals surface area contributed by atoms with Gasteiger partial charge in [0.05, 0.1) is 0 Å². The molecule has 0 unspecified atom stereocenters. The number of anilines is 1. The van der Waals surface area contributed by atoms with E-state index in [0.717, 1.165) is 0 Å². The molecule has 0 heterocycles. The molecule has 0 saturated carbocycles. The van der Waals surface area contributed by atoms with Crippen LogP contribution in [0.1, 0.15) is 20.8 Å². The first kappa shape index (κ1) is 14.6. The Labute approximate surface area is 108 Å². The Morgan fingerprint density at radius 1 is 1.40 bits per heavy atom. The largest absolute Gasteiger partial charge is 1.00 e. The van der Waals surface area contributed by atoms with Crippen LogP contribution >= 0.6 is 11.6 Å². The van der Waals surface area contributed by atoms with Gasteiger partial charge in [-0.25, -0.2) is 0 Å². The molecular weight excluding hydrogens is 205 g/mol. The molecule has 2 nitrogen and oxygen atoms in total. The molecule has 1 aromatic carbocycles. The first-order valence-corrected chi connectivity index (χ1v) is 4.76. The summed E-state index contributed by atoms with van der Waals surface area (Å²) in [6.07, 6.45) is 0. The van der Waals surface area contributed by atoms with E-state index in [1.807, 2.05) is 20.8 Å². The van der Waals surface area contributed by atoms with Gasteiger partial charge in [-0.2, -0.15) is 29.8 Å². The van der Waals surface area contributed by atoms with Crippen molar-refractivity contribution in [3.63, 3.8) is 0 Å². The summed E-state index contributed by atoms with van der Waals surface area (Å²) in [4.78, 5) is 11.6. The van der Waals surface area contributed by atoms with Gasteiger partial charge in [-0.3, -0.25) is 4.79 Å². The zero-order valence-corrected chi connectivity index (χ0v) is 10.3. The van der Waals surface area contributed by atoms with Gasteiger partial charge in [0, 0.05) is 5.41 Å². The van der Waals surface area contributed by atoms with E-state index in [9.17, 15) is 4.79 Å². The van der Waals surface area contributed by atoms with Crippen LogP contribution in [0.25, 0.3) is 0 Å². The molecule has 1 rings (SSSR count). The molecule has 1 N–H and O–H groups in total. The number of amides is 1. The molecule has 0 aliphatic carbocycles. The van der Waals surface area contributed by atoms with E-state index in [1.165, 1.54) is 0 Å². The van der Waals surface area contributed by atoms with Gasteiger partial charge in [-0.1, -0.05) is 31.5 Å². The number of hydrogen-bond donors (Lipinski definition) is 1. The number of carbonyl (C=O) groups excluding carboxylic acids is 1. The number of carbonyl (C=O) groups is 1. The van der Waals surface area contributed by atoms with Gasteiger partial charge in [0.1, 0.15) is 0 Å². The number of benzene rings is 1. The Hall–Kier alpha value is -0.423. The molecule has 1 amide bonds. The van der Waals surface area contributed by atoms with Gasteiger partial charge < -0.3 is 5.32 Å². The van der Waals surface area contributed by atoms with Crippen LogP contribution < -0.4 is 24.2 Å².